The maximum absolute atomic E-state index is 14.6. The molecule has 3 rings (SSSR count). The minimum absolute atomic E-state index is 0.0258. The number of hydrogen-bond donors (Lipinski definition) is 1. The van der Waals surface area contributed by atoms with Crippen molar-refractivity contribution in [1.82, 2.24) is 10.2 Å². The minimum Gasteiger partial charge on any atom is -0.338 e. The molecule has 0 atom stereocenters. The lowest BCUT2D eigenvalue weighted by Gasteiger charge is -2.32. The summed E-state index contributed by atoms with van der Waals surface area (Å²) in [5.41, 5.74) is 1.54. The average molecular weight is 340 g/mol. The Morgan fingerprint density at radius 3 is 2.42 bits per heavy atom. The largest absolute Gasteiger partial charge is 0.338 e. The molecule has 0 bridgehead atoms. The zero-order valence-electron chi connectivity index (χ0n) is 13.9. The number of rotatable bonds is 2. The summed E-state index contributed by atoms with van der Waals surface area (Å²) >= 11 is 0. The minimum atomic E-state index is -2.72. The smallest absolute Gasteiger partial charge is 0.257 e. The lowest BCUT2D eigenvalue weighted by molar-refractivity contribution is -0.0494. The Balaban J connectivity index is 1.79. The van der Waals surface area contributed by atoms with Crippen molar-refractivity contribution in [2.45, 2.75) is 44.4 Å². The molecule has 1 aromatic rings. The van der Waals surface area contributed by atoms with E-state index in [1.54, 1.807) is 6.92 Å². The Labute approximate surface area is 140 Å². The molecule has 2 heterocycles. The third kappa shape index (κ3) is 3.58. The Bertz CT molecular complexity index is 594. The van der Waals surface area contributed by atoms with E-state index in [1.807, 2.05) is 6.07 Å². The Morgan fingerprint density at radius 2 is 1.83 bits per heavy atom. The topological polar surface area (TPSA) is 32.3 Å². The van der Waals surface area contributed by atoms with Crippen LogP contribution in [0, 0.1) is 12.7 Å². The number of carbonyl (C=O) groups excluding carboxylic acids is 1. The van der Waals surface area contributed by atoms with Gasteiger partial charge in [-0.2, -0.15) is 0 Å². The first-order valence-corrected chi connectivity index (χ1v) is 8.55. The van der Waals surface area contributed by atoms with E-state index < -0.39 is 17.6 Å². The highest BCUT2D eigenvalue weighted by Gasteiger charge is 2.36. The second-order valence-corrected chi connectivity index (χ2v) is 6.87. The maximum Gasteiger partial charge on any atom is 0.257 e. The van der Waals surface area contributed by atoms with E-state index in [1.165, 1.54) is 11.0 Å². The number of likely N-dealkylation sites (tertiary alicyclic amines) is 1. The second kappa shape index (κ2) is 6.75. The summed E-state index contributed by atoms with van der Waals surface area (Å²) in [5, 5.41) is 3.28. The first-order valence-electron chi connectivity index (χ1n) is 8.55. The van der Waals surface area contributed by atoms with E-state index in [-0.39, 0.29) is 31.5 Å². The van der Waals surface area contributed by atoms with Gasteiger partial charge in [0.25, 0.3) is 11.8 Å². The number of nitrogens with zero attached hydrogens (tertiary/aromatic N) is 1. The van der Waals surface area contributed by atoms with Gasteiger partial charge in [-0.1, -0.05) is 6.07 Å². The number of alkyl halides is 2. The molecule has 6 heteroatoms. The molecule has 0 aromatic heterocycles. The molecule has 1 N–H and O–H groups in total. The van der Waals surface area contributed by atoms with Crippen molar-refractivity contribution in [2.24, 2.45) is 0 Å². The van der Waals surface area contributed by atoms with Crippen molar-refractivity contribution in [1.29, 1.82) is 0 Å². The van der Waals surface area contributed by atoms with Gasteiger partial charge >= 0.3 is 0 Å². The summed E-state index contributed by atoms with van der Waals surface area (Å²) in [4.78, 5) is 13.9. The fourth-order valence-electron chi connectivity index (χ4n) is 3.63. The predicted molar refractivity (Wildman–Crippen MR) is 86.1 cm³/mol. The summed E-state index contributed by atoms with van der Waals surface area (Å²) in [5.74, 6) is -3.43. The Hall–Kier alpha value is -1.56. The molecule has 2 fully saturated rings. The normalized spacial score (nSPS) is 21.8. The number of hydrogen-bond acceptors (Lipinski definition) is 2. The van der Waals surface area contributed by atoms with Gasteiger partial charge in [0, 0.05) is 25.9 Å². The number of amides is 1. The summed E-state index contributed by atoms with van der Waals surface area (Å²) in [6.45, 7) is 3.49. The van der Waals surface area contributed by atoms with Crippen molar-refractivity contribution in [3.63, 3.8) is 0 Å². The zero-order chi connectivity index (χ0) is 17.3. The molecule has 3 nitrogen and oxygen atoms in total. The van der Waals surface area contributed by atoms with Gasteiger partial charge in [-0.3, -0.25) is 4.79 Å². The third-order valence-corrected chi connectivity index (χ3v) is 5.12. The number of carbonyl (C=O) groups is 1. The van der Waals surface area contributed by atoms with Gasteiger partial charge in [-0.15, -0.1) is 0 Å². The van der Waals surface area contributed by atoms with Crippen LogP contribution in [0.4, 0.5) is 13.2 Å². The van der Waals surface area contributed by atoms with Gasteiger partial charge in [-0.25, -0.2) is 13.2 Å². The lowest BCUT2D eigenvalue weighted by atomic mass is 9.88. The first-order chi connectivity index (χ1) is 11.4. The van der Waals surface area contributed by atoms with Crippen LogP contribution < -0.4 is 5.32 Å². The molecule has 132 valence electrons. The fraction of sp³-hybridized carbons (Fsp3) is 0.611. The highest BCUT2D eigenvalue weighted by molar-refractivity contribution is 5.96. The zero-order valence-corrected chi connectivity index (χ0v) is 13.9. The van der Waals surface area contributed by atoms with E-state index in [2.05, 4.69) is 5.32 Å². The summed E-state index contributed by atoms with van der Waals surface area (Å²) in [6.07, 6.45) is 1.19. The van der Waals surface area contributed by atoms with Crippen LogP contribution >= 0.6 is 0 Å². The molecule has 0 radical (unpaired) electrons. The van der Waals surface area contributed by atoms with Crippen molar-refractivity contribution in [3.05, 3.63) is 34.6 Å². The standard InChI is InChI=1S/C18H23F3N2O/c1-12-10-14(13-2-6-22-7-3-13)11-15(19)16(12)17(24)23-8-4-18(20,21)5-9-23/h10-11,13,22H,2-9H2,1H3. The van der Waals surface area contributed by atoms with Gasteiger partial charge in [0.2, 0.25) is 0 Å². The number of nitrogens with one attached hydrogen (secondary N) is 1. The highest BCUT2D eigenvalue weighted by atomic mass is 19.3. The van der Waals surface area contributed by atoms with Gasteiger partial charge in [0.15, 0.2) is 0 Å². The molecule has 24 heavy (non-hydrogen) atoms. The van der Waals surface area contributed by atoms with Gasteiger partial charge in [0.05, 0.1) is 5.56 Å². The summed E-state index contributed by atoms with van der Waals surface area (Å²) < 4.78 is 41.1. The van der Waals surface area contributed by atoms with Crippen LogP contribution in [0.2, 0.25) is 0 Å². The third-order valence-electron chi connectivity index (χ3n) is 5.12. The maximum atomic E-state index is 14.6. The van der Waals surface area contributed by atoms with Gasteiger partial charge < -0.3 is 10.2 Å². The van der Waals surface area contributed by atoms with E-state index in [9.17, 15) is 18.0 Å². The molecule has 1 amide bonds. The predicted octanol–water partition coefficient (Wildman–Crippen LogP) is 3.47. The van der Waals surface area contributed by atoms with Crippen molar-refractivity contribution in [3.8, 4) is 0 Å². The van der Waals surface area contributed by atoms with E-state index in [4.69, 9.17) is 0 Å². The van der Waals surface area contributed by atoms with Crippen LogP contribution in [0.15, 0.2) is 12.1 Å². The Kier molecular flexibility index (Phi) is 4.85. The molecule has 2 saturated heterocycles. The fourth-order valence-corrected chi connectivity index (χ4v) is 3.63. The number of piperidine rings is 2. The molecule has 0 spiro atoms. The number of benzene rings is 1. The van der Waals surface area contributed by atoms with Gasteiger partial charge in [0.1, 0.15) is 5.82 Å². The molecule has 0 saturated carbocycles. The summed E-state index contributed by atoms with van der Waals surface area (Å²) in [6, 6.07) is 3.33. The highest BCUT2D eigenvalue weighted by Crippen LogP contribution is 2.31. The van der Waals surface area contributed by atoms with Crippen molar-refractivity contribution < 1.29 is 18.0 Å². The first kappa shape index (κ1) is 17.3. The van der Waals surface area contributed by atoms with Crippen LogP contribution in [0.3, 0.4) is 0 Å². The number of aryl methyl sites for hydroxylation is 1. The van der Waals surface area contributed by atoms with Crippen LogP contribution in [-0.4, -0.2) is 42.9 Å². The van der Waals surface area contributed by atoms with Crippen molar-refractivity contribution in [2.75, 3.05) is 26.2 Å². The molecular formula is C18H23F3N2O. The molecule has 1 aromatic carbocycles. The molecule has 2 aliphatic rings. The van der Waals surface area contributed by atoms with Gasteiger partial charge in [-0.05, 0) is 56.0 Å². The molecule has 0 unspecified atom stereocenters. The van der Waals surface area contributed by atoms with E-state index >= 15 is 0 Å². The second-order valence-electron chi connectivity index (χ2n) is 6.87. The van der Waals surface area contributed by atoms with Crippen LogP contribution in [0.5, 0.6) is 0 Å². The SMILES string of the molecule is Cc1cc(C2CCNCC2)cc(F)c1C(=O)N1CCC(F)(F)CC1. The van der Waals surface area contributed by atoms with Crippen LogP contribution in [0.25, 0.3) is 0 Å². The van der Waals surface area contributed by atoms with Crippen molar-refractivity contribution >= 4 is 5.91 Å². The molecule has 0 aliphatic carbocycles. The Morgan fingerprint density at radius 1 is 1.21 bits per heavy atom. The summed E-state index contributed by atoms with van der Waals surface area (Å²) in [7, 11) is 0. The molecular weight excluding hydrogens is 317 g/mol. The van der Waals surface area contributed by atoms with E-state index in [0.29, 0.717) is 11.5 Å². The number of halogens is 3. The molecule has 2 aliphatic heterocycles. The lowest BCUT2D eigenvalue weighted by Crippen LogP contribution is -2.43. The van der Waals surface area contributed by atoms with Crippen LogP contribution in [0.1, 0.15) is 53.1 Å². The monoisotopic (exact) mass is 340 g/mol. The van der Waals surface area contributed by atoms with E-state index in [0.717, 1.165) is 31.5 Å². The average Bonchev–Trinajstić information content (AvgIpc) is 2.54. The van der Waals surface area contributed by atoms with Crippen LogP contribution in [-0.2, 0) is 0 Å². The quantitative estimate of drug-likeness (QED) is 0.894.